The van der Waals surface area contributed by atoms with Crippen molar-refractivity contribution in [1.82, 2.24) is 4.98 Å². The van der Waals surface area contributed by atoms with Crippen molar-refractivity contribution in [2.75, 3.05) is 37.0 Å². The first-order chi connectivity index (χ1) is 12.0. The van der Waals surface area contributed by atoms with Crippen LogP contribution in [0, 0.1) is 5.92 Å². The summed E-state index contributed by atoms with van der Waals surface area (Å²) in [5.74, 6) is 2.30. The summed E-state index contributed by atoms with van der Waals surface area (Å²) in [6, 6.07) is 4.55. The molecule has 3 N–H and O–H groups in total. The normalized spacial score (nSPS) is 30.2. The molecular formula is C19H32N4O2. The second-order valence-corrected chi connectivity index (χ2v) is 7.55. The summed E-state index contributed by atoms with van der Waals surface area (Å²) in [4.78, 5) is 7.00. The fraction of sp³-hybridized carbons (Fsp3) is 0.737. The molecule has 0 aromatic carbocycles. The molecule has 2 fully saturated rings. The molecule has 1 aliphatic carbocycles. The van der Waals surface area contributed by atoms with Gasteiger partial charge in [0, 0.05) is 25.7 Å². The van der Waals surface area contributed by atoms with Crippen molar-refractivity contribution in [3.63, 3.8) is 0 Å². The Balaban J connectivity index is 1.63. The number of ether oxygens (including phenoxy) is 2. The molecule has 0 bridgehead atoms. The van der Waals surface area contributed by atoms with Gasteiger partial charge in [0.1, 0.15) is 5.82 Å². The molecule has 0 spiro atoms. The molecule has 0 amide bonds. The van der Waals surface area contributed by atoms with Crippen LogP contribution in [0.3, 0.4) is 0 Å². The molecule has 1 aromatic heterocycles. The summed E-state index contributed by atoms with van der Waals surface area (Å²) < 4.78 is 11.3. The second kappa shape index (κ2) is 8.23. The Morgan fingerprint density at radius 2 is 1.88 bits per heavy atom. The van der Waals surface area contributed by atoms with Crippen LogP contribution in [-0.4, -0.2) is 50.0 Å². The monoisotopic (exact) mass is 348 g/mol. The highest BCUT2D eigenvalue weighted by molar-refractivity contribution is 5.58. The highest BCUT2D eigenvalue weighted by Gasteiger charge is 2.24. The van der Waals surface area contributed by atoms with Crippen molar-refractivity contribution in [3.05, 3.63) is 12.1 Å². The molecule has 2 heterocycles. The van der Waals surface area contributed by atoms with Crippen LogP contribution in [-0.2, 0) is 4.74 Å². The van der Waals surface area contributed by atoms with Crippen LogP contribution in [0.5, 0.6) is 5.88 Å². The van der Waals surface area contributed by atoms with Crippen molar-refractivity contribution in [2.45, 2.75) is 57.8 Å². The maximum absolute atomic E-state index is 5.99. The zero-order valence-corrected chi connectivity index (χ0v) is 15.7. The van der Waals surface area contributed by atoms with Gasteiger partial charge in [0.15, 0.2) is 0 Å². The summed E-state index contributed by atoms with van der Waals surface area (Å²) in [6.07, 6.45) is 5.10. The van der Waals surface area contributed by atoms with Gasteiger partial charge in [0.05, 0.1) is 25.0 Å². The molecule has 1 saturated carbocycles. The van der Waals surface area contributed by atoms with E-state index in [1.807, 2.05) is 0 Å². The SMILES string of the molecule is COc1nc(N2C[C@@H](C)O[C@@H](C)C2)ccc1NC[C@H]1CC[C@H](N)CC1. The number of pyridine rings is 1. The predicted molar refractivity (Wildman–Crippen MR) is 101 cm³/mol. The summed E-state index contributed by atoms with van der Waals surface area (Å²) in [5.41, 5.74) is 6.96. The number of aromatic nitrogens is 1. The van der Waals surface area contributed by atoms with Crippen LogP contribution in [0.2, 0.25) is 0 Å². The van der Waals surface area contributed by atoms with Crippen LogP contribution < -0.4 is 20.7 Å². The molecule has 2 atom stereocenters. The molecule has 6 heteroatoms. The molecular weight excluding hydrogens is 316 g/mol. The van der Waals surface area contributed by atoms with Crippen LogP contribution in [0.4, 0.5) is 11.5 Å². The Hall–Kier alpha value is -1.53. The van der Waals surface area contributed by atoms with Gasteiger partial charge >= 0.3 is 0 Å². The Kier molecular flexibility index (Phi) is 6.02. The first-order valence-electron chi connectivity index (χ1n) is 9.50. The second-order valence-electron chi connectivity index (χ2n) is 7.55. The Morgan fingerprint density at radius 1 is 1.20 bits per heavy atom. The van der Waals surface area contributed by atoms with Crippen LogP contribution in [0.15, 0.2) is 12.1 Å². The smallest absolute Gasteiger partial charge is 0.239 e. The van der Waals surface area contributed by atoms with E-state index in [1.165, 1.54) is 12.8 Å². The van der Waals surface area contributed by atoms with Crippen molar-refractivity contribution >= 4 is 11.5 Å². The molecule has 3 rings (SSSR count). The largest absolute Gasteiger partial charge is 0.479 e. The van der Waals surface area contributed by atoms with E-state index in [4.69, 9.17) is 20.2 Å². The van der Waals surface area contributed by atoms with Gasteiger partial charge in [-0.05, 0) is 57.6 Å². The van der Waals surface area contributed by atoms with E-state index in [-0.39, 0.29) is 12.2 Å². The molecule has 0 radical (unpaired) electrons. The summed E-state index contributed by atoms with van der Waals surface area (Å²) in [6.45, 7) is 6.87. The fourth-order valence-corrected chi connectivity index (χ4v) is 3.91. The molecule has 1 aliphatic heterocycles. The average Bonchev–Trinajstić information content (AvgIpc) is 2.60. The fourth-order valence-electron chi connectivity index (χ4n) is 3.91. The van der Waals surface area contributed by atoms with Gasteiger partial charge in [-0.1, -0.05) is 0 Å². The number of hydrogen-bond acceptors (Lipinski definition) is 6. The van der Waals surface area contributed by atoms with Crippen molar-refractivity contribution in [2.24, 2.45) is 11.7 Å². The summed E-state index contributed by atoms with van der Waals surface area (Å²) in [7, 11) is 1.68. The number of hydrogen-bond donors (Lipinski definition) is 2. The van der Waals surface area contributed by atoms with Crippen LogP contribution >= 0.6 is 0 Å². The Labute approximate surface area is 151 Å². The third-order valence-electron chi connectivity index (χ3n) is 5.26. The van der Waals surface area contributed by atoms with Gasteiger partial charge in [0.2, 0.25) is 5.88 Å². The zero-order valence-electron chi connectivity index (χ0n) is 15.7. The summed E-state index contributed by atoms with van der Waals surface area (Å²) in [5, 5.41) is 3.52. The topological polar surface area (TPSA) is 72.6 Å². The number of methoxy groups -OCH3 is 1. The minimum atomic E-state index is 0.215. The van der Waals surface area contributed by atoms with E-state index in [2.05, 4.69) is 36.2 Å². The van der Waals surface area contributed by atoms with E-state index in [9.17, 15) is 0 Å². The highest BCUT2D eigenvalue weighted by Crippen LogP contribution is 2.29. The number of nitrogens with zero attached hydrogens (tertiary/aromatic N) is 2. The lowest BCUT2D eigenvalue weighted by atomic mass is 9.86. The van der Waals surface area contributed by atoms with E-state index < -0.39 is 0 Å². The number of rotatable bonds is 5. The van der Waals surface area contributed by atoms with Crippen LogP contribution in [0.1, 0.15) is 39.5 Å². The predicted octanol–water partition coefficient (Wildman–Crippen LogP) is 2.63. The van der Waals surface area contributed by atoms with Gasteiger partial charge in [-0.3, -0.25) is 0 Å². The molecule has 2 aliphatic rings. The third kappa shape index (κ3) is 4.76. The number of nitrogens with one attached hydrogen (secondary N) is 1. The number of anilines is 2. The third-order valence-corrected chi connectivity index (χ3v) is 5.26. The van der Waals surface area contributed by atoms with E-state index in [0.717, 1.165) is 44.0 Å². The van der Waals surface area contributed by atoms with Crippen LogP contribution in [0.25, 0.3) is 0 Å². The maximum Gasteiger partial charge on any atom is 0.239 e. The molecule has 25 heavy (non-hydrogen) atoms. The minimum absolute atomic E-state index is 0.215. The number of nitrogens with two attached hydrogens (primary N) is 1. The van der Waals surface area contributed by atoms with Gasteiger partial charge < -0.3 is 25.4 Å². The van der Waals surface area contributed by atoms with Gasteiger partial charge in [0.25, 0.3) is 0 Å². The van der Waals surface area contributed by atoms with Gasteiger partial charge in [-0.25, -0.2) is 0 Å². The number of morpholine rings is 1. The lowest BCUT2D eigenvalue weighted by molar-refractivity contribution is -0.00548. The molecule has 1 aromatic rings. The highest BCUT2D eigenvalue weighted by atomic mass is 16.5. The van der Waals surface area contributed by atoms with Gasteiger partial charge in [-0.15, -0.1) is 0 Å². The molecule has 1 saturated heterocycles. The standard InChI is InChI=1S/C19H32N4O2/c1-13-11-23(12-14(2)25-13)18-9-8-17(19(22-18)24-3)21-10-15-4-6-16(20)7-5-15/h8-9,13-16,21H,4-7,10-12,20H2,1-3H3/t13-,14+,15-,16-. The Morgan fingerprint density at radius 3 is 2.52 bits per heavy atom. The first-order valence-corrected chi connectivity index (χ1v) is 9.50. The summed E-state index contributed by atoms with van der Waals surface area (Å²) >= 11 is 0. The molecule has 140 valence electrons. The maximum atomic E-state index is 5.99. The zero-order chi connectivity index (χ0) is 17.8. The van der Waals surface area contributed by atoms with Gasteiger partial charge in [-0.2, -0.15) is 4.98 Å². The van der Waals surface area contributed by atoms with Crippen molar-refractivity contribution < 1.29 is 9.47 Å². The van der Waals surface area contributed by atoms with Crippen molar-refractivity contribution in [3.8, 4) is 5.88 Å². The minimum Gasteiger partial charge on any atom is -0.479 e. The molecule has 6 nitrogen and oxygen atoms in total. The lowest BCUT2D eigenvalue weighted by Crippen LogP contribution is -2.45. The quantitative estimate of drug-likeness (QED) is 0.852. The molecule has 0 unspecified atom stereocenters. The van der Waals surface area contributed by atoms with E-state index in [0.29, 0.717) is 17.8 Å². The first kappa shape index (κ1) is 18.3. The lowest BCUT2D eigenvalue weighted by Gasteiger charge is -2.36. The van der Waals surface area contributed by atoms with Crippen molar-refractivity contribution in [1.29, 1.82) is 0 Å². The van der Waals surface area contributed by atoms with E-state index in [1.54, 1.807) is 7.11 Å². The Bertz CT molecular complexity index is 550. The average molecular weight is 348 g/mol. The van der Waals surface area contributed by atoms with E-state index >= 15 is 0 Å².